The van der Waals surface area contributed by atoms with Gasteiger partial charge in [-0.3, -0.25) is 9.10 Å². The Bertz CT molecular complexity index is 937. The molecular weight excluding hydrogens is 388 g/mol. The van der Waals surface area contributed by atoms with E-state index in [1.165, 1.54) is 10.6 Å². The molecule has 2 aromatic rings. The number of benzene rings is 2. The normalized spacial score (nSPS) is 12.3. The second-order valence-electron chi connectivity index (χ2n) is 7.32. The van der Waals surface area contributed by atoms with E-state index in [1.54, 1.807) is 7.11 Å². The van der Waals surface area contributed by atoms with Crippen molar-refractivity contribution in [1.29, 1.82) is 0 Å². The van der Waals surface area contributed by atoms with E-state index in [0.29, 0.717) is 12.1 Å². The maximum absolute atomic E-state index is 12.4. The van der Waals surface area contributed by atoms with E-state index in [9.17, 15) is 13.2 Å². The van der Waals surface area contributed by atoms with Gasteiger partial charge in [0.05, 0.1) is 25.1 Å². The van der Waals surface area contributed by atoms with E-state index in [0.717, 1.165) is 22.4 Å². The van der Waals surface area contributed by atoms with Gasteiger partial charge in [0, 0.05) is 18.5 Å². The first-order valence-corrected chi connectivity index (χ1v) is 11.4. The fraction of sp³-hybridized carbons (Fsp3) is 0.409. The van der Waals surface area contributed by atoms with E-state index in [2.05, 4.69) is 5.32 Å². The highest BCUT2D eigenvalue weighted by atomic mass is 32.2. The van der Waals surface area contributed by atoms with Gasteiger partial charge in [-0.1, -0.05) is 24.3 Å². The van der Waals surface area contributed by atoms with Crippen LogP contribution in [0.15, 0.2) is 42.5 Å². The fourth-order valence-corrected chi connectivity index (χ4v) is 4.33. The number of hydrogen-bond acceptors (Lipinski definition) is 4. The molecule has 1 atom stereocenters. The molecule has 0 saturated carbocycles. The van der Waals surface area contributed by atoms with Crippen LogP contribution in [0.1, 0.15) is 42.5 Å². The van der Waals surface area contributed by atoms with Crippen molar-refractivity contribution in [3.8, 4) is 5.75 Å². The largest absolute Gasteiger partial charge is 0.496 e. The van der Waals surface area contributed by atoms with Crippen molar-refractivity contribution < 1.29 is 17.9 Å². The Balaban J connectivity index is 1.99. The van der Waals surface area contributed by atoms with E-state index in [4.69, 9.17) is 4.74 Å². The Labute approximate surface area is 173 Å². The summed E-state index contributed by atoms with van der Waals surface area (Å²) in [6, 6.07) is 13.0. The molecule has 7 heteroatoms. The van der Waals surface area contributed by atoms with Crippen LogP contribution in [-0.4, -0.2) is 34.2 Å². The van der Waals surface area contributed by atoms with Gasteiger partial charge in [0.2, 0.25) is 15.9 Å². The Kier molecular flexibility index (Phi) is 7.67. The van der Waals surface area contributed by atoms with E-state index >= 15 is 0 Å². The predicted molar refractivity (Wildman–Crippen MR) is 117 cm³/mol. The third-order valence-electron chi connectivity index (χ3n) is 4.64. The number of ether oxygens (including phenoxy) is 1. The highest BCUT2D eigenvalue weighted by Gasteiger charge is 2.19. The number of nitrogens with one attached hydrogen (secondary N) is 1. The zero-order chi connectivity index (χ0) is 21.6. The molecule has 29 heavy (non-hydrogen) atoms. The number of anilines is 1. The molecule has 0 radical (unpaired) electrons. The Hall–Kier alpha value is -2.54. The zero-order valence-corrected chi connectivity index (χ0v) is 18.5. The number of rotatable bonds is 9. The molecule has 0 spiro atoms. The molecule has 0 saturated heterocycles. The van der Waals surface area contributed by atoms with Gasteiger partial charge < -0.3 is 10.1 Å². The summed E-state index contributed by atoms with van der Waals surface area (Å²) in [7, 11) is -1.84. The number of methoxy groups -OCH3 is 1. The van der Waals surface area contributed by atoms with Crippen molar-refractivity contribution >= 4 is 21.6 Å². The smallest absolute Gasteiger partial charge is 0.232 e. The van der Waals surface area contributed by atoms with Crippen LogP contribution < -0.4 is 14.4 Å². The Morgan fingerprint density at radius 1 is 1.14 bits per heavy atom. The Morgan fingerprint density at radius 3 is 2.34 bits per heavy atom. The maximum atomic E-state index is 12.4. The summed E-state index contributed by atoms with van der Waals surface area (Å²) in [4.78, 5) is 12.4. The number of carbonyl (C=O) groups excluding carboxylic acids is 1. The van der Waals surface area contributed by atoms with Gasteiger partial charge in [-0.05, 0) is 56.5 Å². The molecule has 1 N–H and O–H groups in total. The molecular formula is C22H30N2O4S. The molecule has 0 unspecified atom stereocenters. The second-order valence-corrected chi connectivity index (χ2v) is 9.22. The summed E-state index contributed by atoms with van der Waals surface area (Å²) in [5.74, 6) is 0.593. The lowest BCUT2D eigenvalue weighted by Gasteiger charge is -2.23. The number of para-hydroxylation sites is 1. The van der Waals surface area contributed by atoms with Gasteiger partial charge in [-0.2, -0.15) is 0 Å². The molecule has 2 rings (SSSR count). The minimum atomic E-state index is -3.44. The molecule has 0 aliphatic rings. The third-order valence-corrected chi connectivity index (χ3v) is 5.84. The summed E-state index contributed by atoms with van der Waals surface area (Å²) in [6.45, 7) is 6.01. The number of aryl methyl sites for hydroxylation is 2. The van der Waals surface area contributed by atoms with E-state index < -0.39 is 10.0 Å². The Morgan fingerprint density at radius 2 is 1.76 bits per heavy atom. The van der Waals surface area contributed by atoms with Crippen molar-refractivity contribution in [1.82, 2.24) is 5.32 Å². The maximum Gasteiger partial charge on any atom is 0.232 e. The van der Waals surface area contributed by atoms with Gasteiger partial charge in [-0.25, -0.2) is 8.42 Å². The van der Waals surface area contributed by atoms with Gasteiger partial charge in [0.15, 0.2) is 0 Å². The topological polar surface area (TPSA) is 75.7 Å². The standard InChI is InChI=1S/C22H30N2O4S/c1-16-13-17(2)15-19(14-16)24(29(5,26)27)12-8-11-22(25)23-18(3)20-9-6-7-10-21(20)28-4/h6-7,9-10,13-15,18H,8,11-12H2,1-5H3,(H,23,25)/t18-/m0/s1. The highest BCUT2D eigenvalue weighted by molar-refractivity contribution is 7.92. The predicted octanol–water partition coefficient (Wildman–Crippen LogP) is 3.74. The SMILES string of the molecule is COc1ccccc1[C@H](C)NC(=O)CCCN(c1cc(C)cc(C)c1)S(C)(=O)=O. The van der Waals surface area contributed by atoms with Crippen LogP contribution in [0.4, 0.5) is 5.69 Å². The summed E-state index contributed by atoms with van der Waals surface area (Å²) in [5, 5.41) is 2.95. The highest BCUT2D eigenvalue weighted by Crippen LogP contribution is 2.25. The van der Waals surface area contributed by atoms with Gasteiger partial charge in [0.1, 0.15) is 5.75 Å². The summed E-state index contributed by atoms with van der Waals surface area (Å²) >= 11 is 0. The molecule has 0 heterocycles. The molecule has 0 aliphatic carbocycles. The molecule has 6 nitrogen and oxygen atoms in total. The summed E-state index contributed by atoms with van der Waals surface area (Å²) in [6.07, 6.45) is 1.84. The minimum Gasteiger partial charge on any atom is -0.496 e. The lowest BCUT2D eigenvalue weighted by Crippen LogP contribution is -2.32. The lowest BCUT2D eigenvalue weighted by atomic mass is 10.1. The van der Waals surface area contributed by atoms with Gasteiger partial charge in [-0.15, -0.1) is 0 Å². The number of amides is 1. The summed E-state index contributed by atoms with van der Waals surface area (Å²) in [5.41, 5.74) is 3.53. The van der Waals surface area contributed by atoms with Crippen molar-refractivity contribution in [2.75, 3.05) is 24.2 Å². The van der Waals surface area contributed by atoms with Gasteiger partial charge >= 0.3 is 0 Å². The minimum absolute atomic E-state index is 0.128. The quantitative estimate of drug-likeness (QED) is 0.673. The molecule has 0 fully saturated rings. The van der Waals surface area contributed by atoms with Crippen molar-refractivity contribution in [2.24, 2.45) is 0 Å². The van der Waals surface area contributed by atoms with Crippen molar-refractivity contribution in [3.05, 3.63) is 59.2 Å². The van der Waals surface area contributed by atoms with Crippen molar-refractivity contribution in [3.63, 3.8) is 0 Å². The van der Waals surface area contributed by atoms with E-state index in [1.807, 2.05) is 63.2 Å². The number of nitrogens with zero attached hydrogens (tertiary/aromatic N) is 1. The second kappa shape index (κ2) is 9.78. The fourth-order valence-electron chi connectivity index (χ4n) is 3.38. The van der Waals surface area contributed by atoms with Crippen LogP contribution in [0.25, 0.3) is 0 Å². The zero-order valence-electron chi connectivity index (χ0n) is 17.7. The third kappa shape index (κ3) is 6.49. The number of carbonyl (C=O) groups is 1. The van der Waals surface area contributed by atoms with Crippen LogP contribution in [-0.2, 0) is 14.8 Å². The van der Waals surface area contributed by atoms with E-state index in [-0.39, 0.29) is 24.9 Å². The molecule has 0 aromatic heterocycles. The molecule has 0 bridgehead atoms. The average molecular weight is 419 g/mol. The molecule has 0 aliphatic heterocycles. The molecule has 2 aromatic carbocycles. The van der Waals surface area contributed by atoms with Crippen LogP contribution in [0.2, 0.25) is 0 Å². The monoisotopic (exact) mass is 418 g/mol. The number of hydrogen-bond donors (Lipinski definition) is 1. The first-order chi connectivity index (χ1) is 13.6. The number of sulfonamides is 1. The average Bonchev–Trinajstić information content (AvgIpc) is 2.63. The summed E-state index contributed by atoms with van der Waals surface area (Å²) < 4.78 is 31.3. The first kappa shape index (κ1) is 22.7. The van der Waals surface area contributed by atoms with Crippen LogP contribution >= 0.6 is 0 Å². The van der Waals surface area contributed by atoms with Crippen LogP contribution in [0.5, 0.6) is 5.75 Å². The molecule has 158 valence electrons. The van der Waals surface area contributed by atoms with Gasteiger partial charge in [0.25, 0.3) is 0 Å². The van der Waals surface area contributed by atoms with Crippen LogP contribution in [0.3, 0.4) is 0 Å². The van der Waals surface area contributed by atoms with Crippen molar-refractivity contribution in [2.45, 2.75) is 39.7 Å². The first-order valence-electron chi connectivity index (χ1n) is 9.60. The molecule has 1 amide bonds. The lowest BCUT2D eigenvalue weighted by molar-refractivity contribution is -0.121. The van der Waals surface area contributed by atoms with Crippen LogP contribution in [0, 0.1) is 13.8 Å².